The van der Waals surface area contributed by atoms with E-state index in [-0.39, 0.29) is 28.9 Å². The van der Waals surface area contributed by atoms with Crippen LogP contribution in [-0.2, 0) is 25.8 Å². The van der Waals surface area contributed by atoms with E-state index in [2.05, 4.69) is 36.9 Å². The summed E-state index contributed by atoms with van der Waals surface area (Å²) in [7, 11) is -3.58. The Balaban J connectivity index is 1.34. The molecule has 0 aromatic heterocycles. The maximum absolute atomic E-state index is 12.9. The van der Waals surface area contributed by atoms with E-state index in [1.165, 1.54) is 16.8 Å². The van der Waals surface area contributed by atoms with Crippen molar-refractivity contribution in [1.82, 2.24) is 4.90 Å². The molecule has 2 heterocycles. The summed E-state index contributed by atoms with van der Waals surface area (Å²) in [4.78, 5) is 30.9. The van der Waals surface area contributed by atoms with Gasteiger partial charge < -0.3 is 14.7 Å². The largest absolute Gasteiger partial charge is 0.368 e. The topological polar surface area (TPSA) is 78.0 Å². The second-order valence-corrected chi connectivity index (χ2v) is 11.3. The highest BCUT2D eigenvalue weighted by Gasteiger charge is 2.27. The standard InChI is InChI=1S/C26H33N3O4S/c1-4-25(30)29-11-9-21-18-22(7-8-23(21)29)34(32,33)16-10-26(31)28-14-12-27(13-15-28)24-17-19(2)5-6-20(24)3/h5-8,17-18H,4,9-16H2,1-3H3. The molecule has 1 fully saturated rings. The van der Waals surface area contributed by atoms with Crippen LogP contribution in [0.25, 0.3) is 0 Å². The van der Waals surface area contributed by atoms with E-state index in [4.69, 9.17) is 0 Å². The molecule has 2 amide bonds. The lowest BCUT2D eigenvalue weighted by Crippen LogP contribution is -2.49. The molecular weight excluding hydrogens is 450 g/mol. The van der Waals surface area contributed by atoms with Crippen LogP contribution in [0.3, 0.4) is 0 Å². The maximum Gasteiger partial charge on any atom is 0.226 e. The summed E-state index contributed by atoms with van der Waals surface area (Å²) in [6.07, 6.45) is 1.04. The molecule has 0 unspecified atom stereocenters. The van der Waals surface area contributed by atoms with Gasteiger partial charge in [-0.05, 0) is 61.2 Å². The Bertz CT molecular complexity index is 1200. The van der Waals surface area contributed by atoms with Gasteiger partial charge >= 0.3 is 0 Å². The van der Waals surface area contributed by atoms with Crippen molar-refractivity contribution in [2.45, 2.75) is 44.9 Å². The van der Waals surface area contributed by atoms with E-state index in [1.54, 1.807) is 28.0 Å². The number of carbonyl (C=O) groups is 2. The van der Waals surface area contributed by atoms with Crippen LogP contribution in [0.1, 0.15) is 36.5 Å². The Morgan fingerprint density at radius 3 is 2.32 bits per heavy atom. The Morgan fingerprint density at radius 1 is 0.882 bits per heavy atom. The minimum atomic E-state index is -3.58. The predicted molar refractivity (Wildman–Crippen MR) is 134 cm³/mol. The highest BCUT2D eigenvalue weighted by Crippen LogP contribution is 2.31. The van der Waals surface area contributed by atoms with Crippen LogP contribution >= 0.6 is 0 Å². The summed E-state index contributed by atoms with van der Waals surface area (Å²) in [5, 5.41) is 0. The second-order valence-electron chi connectivity index (χ2n) is 9.17. The van der Waals surface area contributed by atoms with Crippen LogP contribution in [0.2, 0.25) is 0 Å². The quantitative estimate of drug-likeness (QED) is 0.631. The summed E-state index contributed by atoms with van der Waals surface area (Å²) < 4.78 is 25.9. The van der Waals surface area contributed by atoms with Crippen LogP contribution < -0.4 is 9.80 Å². The van der Waals surface area contributed by atoms with Crippen LogP contribution in [-0.4, -0.2) is 63.6 Å². The number of hydrogen-bond acceptors (Lipinski definition) is 5. The zero-order chi connectivity index (χ0) is 24.5. The Kier molecular flexibility index (Phi) is 6.98. The van der Waals surface area contributed by atoms with E-state index in [9.17, 15) is 18.0 Å². The van der Waals surface area contributed by atoms with Crippen molar-refractivity contribution in [2.75, 3.05) is 48.3 Å². The van der Waals surface area contributed by atoms with Crippen LogP contribution in [0.4, 0.5) is 11.4 Å². The number of aryl methyl sites for hydroxylation is 2. The summed E-state index contributed by atoms with van der Waals surface area (Å²) in [5.41, 5.74) is 5.29. The number of anilines is 2. The number of rotatable bonds is 6. The van der Waals surface area contributed by atoms with Crippen molar-refractivity contribution in [3.05, 3.63) is 53.1 Å². The van der Waals surface area contributed by atoms with Gasteiger partial charge in [-0.15, -0.1) is 0 Å². The van der Waals surface area contributed by atoms with Crippen molar-refractivity contribution < 1.29 is 18.0 Å². The third-order valence-electron chi connectivity index (χ3n) is 6.83. The molecule has 34 heavy (non-hydrogen) atoms. The molecule has 0 N–H and O–H groups in total. The average molecular weight is 484 g/mol. The molecule has 0 saturated carbocycles. The van der Waals surface area contributed by atoms with Gasteiger partial charge in [0.2, 0.25) is 11.8 Å². The summed E-state index contributed by atoms with van der Waals surface area (Å²) >= 11 is 0. The normalized spacial score (nSPS) is 16.0. The van der Waals surface area contributed by atoms with Crippen molar-refractivity contribution >= 4 is 33.0 Å². The number of hydrogen-bond donors (Lipinski definition) is 0. The Hall–Kier alpha value is -2.87. The molecule has 8 heteroatoms. The first-order chi connectivity index (χ1) is 16.2. The SMILES string of the molecule is CCC(=O)N1CCc2cc(S(=O)(=O)CCC(=O)N3CCN(c4cc(C)ccc4C)CC3)ccc21. The van der Waals surface area contributed by atoms with E-state index in [0.717, 1.165) is 24.3 Å². The molecule has 7 nitrogen and oxygen atoms in total. The van der Waals surface area contributed by atoms with Crippen molar-refractivity contribution in [3.8, 4) is 0 Å². The fourth-order valence-electron chi connectivity index (χ4n) is 4.78. The van der Waals surface area contributed by atoms with Gasteiger partial charge in [0.05, 0.1) is 10.6 Å². The lowest BCUT2D eigenvalue weighted by molar-refractivity contribution is -0.131. The number of amides is 2. The van der Waals surface area contributed by atoms with Crippen molar-refractivity contribution in [3.63, 3.8) is 0 Å². The third-order valence-corrected chi connectivity index (χ3v) is 8.55. The van der Waals surface area contributed by atoms with Crippen LogP contribution in [0, 0.1) is 13.8 Å². The van der Waals surface area contributed by atoms with Gasteiger partial charge in [-0.1, -0.05) is 19.1 Å². The zero-order valence-electron chi connectivity index (χ0n) is 20.2. The highest BCUT2D eigenvalue weighted by molar-refractivity contribution is 7.91. The number of benzene rings is 2. The fourth-order valence-corrected chi connectivity index (χ4v) is 6.05. The fraction of sp³-hybridized carbons (Fsp3) is 0.462. The first-order valence-electron chi connectivity index (χ1n) is 12.0. The molecule has 0 spiro atoms. The second kappa shape index (κ2) is 9.78. The number of nitrogens with zero attached hydrogens (tertiary/aromatic N) is 3. The number of fused-ring (bicyclic) bond motifs is 1. The minimum Gasteiger partial charge on any atom is -0.368 e. The van der Waals surface area contributed by atoms with E-state index < -0.39 is 9.84 Å². The molecular formula is C26H33N3O4S. The van der Waals surface area contributed by atoms with Gasteiger partial charge in [0.25, 0.3) is 0 Å². The van der Waals surface area contributed by atoms with Crippen LogP contribution in [0.5, 0.6) is 0 Å². The lowest BCUT2D eigenvalue weighted by Gasteiger charge is -2.37. The molecule has 2 aromatic carbocycles. The first kappa shape index (κ1) is 24.3. The average Bonchev–Trinajstić information content (AvgIpc) is 3.27. The van der Waals surface area contributed by atoms with Gasteiger partial charge in [-0.2, -0.15) is 0 Å². The zero-order valence-corrected chi connectivity index (χ0v) is 21.0. The molecule has 0 radical (unpaired) electrons. The van der Waals surface area contributed by atoms with Gasteiger partial charge in [-0.25, -0.2) is 8.42 Å². The molecule has 2 aliphatic heterocycles. The van der Waals surface area contributed by atoms with Crippen molar-refractivity contribution in [2.24, 2.45) is 0 Å². The molecule has 0 atom stereocenters. The Morgan fingerprint density at radius 2 is 1.62 bits per heavy atom. The van der Waals surface area contributed by atoms with Crippen molar-refractivity contribution in [1.29, 1.82) is 0 Å². The molecule has 0 aliphatic carbocycles. The Labute approximate surface area is 202 Å². The third kappa shape index (κ3) is 4.97. The molecule has 1 saturated heterocycles. The molecule has 182 valence electrons. The summed E-state index contributed by atoms with van der Waals surface area (Å²) in [5.74, 6) is -0.290. The maximum atomic E-state index is 12.9. The number of piperazine rings is 1. The van der Waals surface area contributed by atoms with Gasteiger partial charge in [0.1, 0.15) is 0 Å². The van der Waals surface area contributed by atoms with Crippen LogP contribution in [0.15, 0.2) is 41.3 Å². The smallest absolute Gasteiger partial charge is 0.226 e. The van der Waals surface area contributed by atoms with Gasteiger partial charge in [-0.3, -0.25) is 9.59 Å². The van der Waals surface area contributed by atoms with E-state index >= 15 is 0 Å². The summed E-state index contributed by atoms with van der Waals surface area (Å²) in [6, 6.07) is 11.3. The van der Waals surface area contributed by atoms with E-state index in [1.807, 2.05) is 6.92 Å². The monoisotopic (exact) mass is 483 g/mol. The number of sulfone groups is 1. The number of carbonyl (C=O) groups excluding carboxylic acids is 2. The first-order valence-corrected chi connectivity index (χ1v) is 13.6. The molecule has 0 bridgehead atoms. The predicted octanol–water partition coefficient (Wildman–Crippen LogP) is 3.12. The summed E-state index contributed by atoms with van der Waals surface area (Å²) in [6.45, 7) is 9.22. The van der Waals surface area contributed by atoms with Gasteiger partial charge in [0, 0.05) is 56.9 Å². The molecule has 2 aliphatic rings. The lowest BCUT2D eigenvalue weighted by atomic mass is 10.1. The van der Waals surface area contributed by atoms with Gasteiger partial charge in [0.15, 0.2) is 9.84 Å². The molecule has 2 aromatic rings. The highest BCUT2D eigenvalue weighted by atomic mass is 32.2. The minimum absolute atomic E-state index is 0.0245. The van der Waals surface area contributed by atoms with E-state index in [0.29, 0.717) is 32.5 Å². The molecule has 4 rings (SSSR count).